The van der Waals surface area contributed by atoms with Gasteiger partial charge in [0.15, 0.2) is 0 Å². The molecule has 2 saturated carbocycles. The van der Waals surface area contributed by atoms with Gasteiger partial charge in [-0.05, 0) is 107 Å². The van der Waals surface area contributed by atoms with Crippen LogP contribution in [0.4, 0.5) is 11.4 Å². The molecule has 0 saturated heterocycles. The number of anilines is 2. The van der Waals surface area contributed by atoms with Crippen LogP contribution >= 0.6 is 0 Å². The number of nitrogens with one attached hydrogen (secondary N) is 2. The van der Waals surface area contributed by atoms with E-state index in [9.17, 15) is 21.6 Å². The lowest BCUT2D eigenvalue weighted by molar-refractivity contribution is 0.0980. The molecule has 5 rings (SSSR count). The van der Waals surface area contributed by atoms with E-state index in [-0.39, 0.29) is 27.5 Å². The van der Waals surface area contributed by atoms with Crippen LogP contribution in [0, 0.1) is 5.41 Å². The van der Waals surface area contributed by atoms with E-state index in [2.05, 4.69) is 9.44 Å². The minimum atomic E-state index is -3.97. The summed E-state index contributed by atoms with van der Waals surface area (Å²) in [6.07, 6.45) is 7.63. The van der Waals surface area contributed by atoms with Gasteiger partial charge in [-0.1, -0.05) is 0 Å². The molecule has 2 N–H and O–H groups in total. The van der Waals surface area contributed by atoms with Gasteiger partial charge in [0.1, 0.15) is 10.6 Å². The van der Waals surface area contributed by atoms with Gasteiger partial charge in [-0.25, -0.2) is 21.6 Å². The Morgan fingerprint density at radius 1 is 0.949 bits per heavy atom. The van der Waals surface area contributed by atoms with E-state index in [0.717, 1.165) is 43.2 Å². The van der Waals surface area contributed by atoms with Gasteiger partial charge < -0.3 is 9.64 Å². The molecule has 0 unspecified atom stereocenters. The number of carbonyl (C=O) groups excluding carboxylic acids is 1. The third-order valence-corrected chi connectivity index (χ3v) is 10.6. The molecule has 1 aliphatic heterocycles. The number of amides is 1. The van der Waals surface area contributed by atoms with Gasteiger partial charge >= 0.3 is 0 Å². The number of nitrogens with zero attached hydrogens (tertiary/aromatic N) is 1. The van der Waals surface area contributed by atoms with E-state index in [1.54, 1.807) is 43.9 Å². The highest BCUT2D eigenvalue weighted by Crippen LogP contribution is 2.62. The summed E-state index contributed by atoms with van der Waals surface area (Å²) in [4.78, 5) is 15.6. The quantitative estimate of drug-likeness (QED) is 0.527. The molecule has 2 aromatic rings. The summed E-state index contributed by atoms with van der Waals surface area (Å²) in [6.45, 7) is 5.70. The van der Waals surface area contributed by atoms with Gasteiger partial charge in [-0.15, -0.1) is 0 Å². The van der Waals surface area contributed by atoms with Gasteiger partial charge in [0.2, 0.25) is 20.0 Å². The van der Waals surface area contributed by atoms with Crippen LogP contribution in [0.5, 0.6) is 5.75 Å². The van der Waals surface area contributed by atoms with Gasteiger partial charge in [0, 0.05) is 34.4 Å². The second-order valence-electron chi connectivity index (χ2n) is 12.5. The Balaban J connectivity index is 1.54. The maximum Gasteiger partial charge on any atom is 0.258 e. The summed E-state index contributed by atoms with van der Waals surface area (Å²) in [5.41, 5.74) is 1.86. The molecule has 2 spiro atoms. The molecule has 39 heavy (non-hydrogen) atoms. The van der Waals surface area contributed by atoms with Crippen molar-refractivity contribution in [2.45, 2.75) is 75.1 Å². The summed E-state index contributed by atoms with van der Waals surface area (Å²) in [7, 11) is -6.04. The zero-order chi connectivity index (χ0) is 28.4. The lowest BCUT2D eigenvalue weighted by Gasteiger charge is -2.38. The van der Waals surface area contributed by atoms with Crippen LogP contribution in [0.2, 0.25) is 0 Å². The maximum atomic E-state index is 14.0. The summed E-state index contributed by atoms with van der Waals surface area (Å²) in [5.74, 6) is -0.154. The van der Waals surface area contributed by atoms with Crippen molar-refractivity contribution in [3.63, 3.8) is 0 Å². The molecule has 0 radical (unpaired) electrons. The lowest BCUT2D eigenvalue weighted by atomic mass is 9.66. The molecule has 0 aromatic heterocycles. The number of fused-ring (bicyclic) bond motifs is 2. The van der Waals surface area contributed by atoms with E-state index in [4.69, 9.17) is 4.74 Å². The van der Waals surface area contributed by atoms with E-state index >= 15 is 0 Å². The predicted octanol–water partition coefficient (Wildman–Crippen LogP) is 4.40. The minimum absolute atomic E-state index is 0.0963. The van der Waals surface area contributed by atoms with Crippen molar-refractivity contribution in [1.29, 1.82) is 0 Å². The average molecular weight is 576 g/mol. The first-order valence-corrected chi connectivity index (χ1v) is 16.6. The zero-order valence-corrected chi connectivity index (χ0v) is 24.8. The highest BCUT2D eigenvalue weighted by Gasteiger charge is 2.53. The molecule has 1 amide bonds. The first-order chi connectivity index (χ1) is 18.1. The maximum absolute atomic E-state index is 14.0. The minimum Gasteiger partial charge on any atom is -0.495 e. The van der Waals surface area contributed by atoms with Crippen LogP contribution in [0.15, 0.2) is 41.3 Å². The monoisotopic (exact) mass is 575 g/mol. The van der Waals surface area contributed by atoms with Crippen molar-refractivity contribution in [1.82, 2.24) is 4.72 Å². The van der Waals surface area contributed by atoms with Crippen LogP contribution in [-0.4, -0.2) is 48.2 Å². The number of sulfonamides is 2. The van der Waals surface area contributed by atoms with Crippen LogP contribution in [-0.2, 0) is 25.5 Å². The lowest BCUT2D eigenvalue weighted by Crippen LogP contribution is -2.41. The van der Waals surface area contributed by atoms with Crippen molar-refractivity contribution in [2.24, 2.45) is 5.41 Å². The second-order valence-corrected chi connectivity index (χ2v) is 15.9. The molecule has 2 aromatic carbocycles. The smallest absolute Gasteiger partial charge is 0.258 e. The molecule has 9 nitrogen and oxygen atoms in total. The summed E-state index contributed by atoms with van der Waals surface area (Å²) in [5, 5.41) is 0. The molecule has 1 heterocycles. The fourth-order valence-corrected chi connectivity index (χ4v) is 8.29. The standard InChI is InChI=1S/C28H37N3O6S2/c1-26(2,3)30-39(35,36)24-16-19(6-9-23(24)37-4)25(32)31-18-28(14-12-27(10-11-27)13-15-28)21-17-20(7-8-22(21)31)29-38(5,33)34/h6-9,16-17,29-30H,10-15,18H2,1-5H3. The average Bonchev–Trinajstić information content (AvgIpc) is 3.53. The number of benzene rings is 2. The zero-order valence-electron chi connectivity index (χ0n) is 23.1. The third kappa shape index (κ3) is 5.53. The van der Waals surface area contributed by atoms with Crippen LogP contribution in [0.1, 0.15) is 75.2 Å². The normalized spacial score (nSPS) is 19.7. The molecule has 0 atom stereocenters. The fraction of sp³-hybridized carbons (Fsp3) is 0.536. The number of hydrogen-bond acceptors (Lipinski definition) is 6. The topological polar surface area (TPSA) is 122 Å². The van der Waals surface area contributed by atoms with Crippen molar-refractivity contribution in [3.05, 3.63) is 47.5 Å². The van der Waals surface area contributed by atoms with Gasteiger partial charge in [0.05, 0.1) is 13.4 Å². The molecule has 3 aliphatic rings. The van der Waals surface area contributed by atoms with Gasteiger partial charge in [0.25, 0.3) is 5.91 Å². The molecule has 0 bridgehead atoms. The Labute approximate surface area is 231 Å². The SMILES string of the molecule is COc1ccc(C(=O)N2CC3(CCC4(CC4)CC3)c3cc(NS(C)(=O)=O)ccc32)cc1S(=O)(=O)NC(C)(C)C. The van der Waals surface area contributed by atoms with Crippen molar-refractivity contribution in [3.8, 4) is 5.75 Å². The van der Waals surface area contributed by atoms with Crippen molar-refractivity contribution in [2.75, 3.05) is 29.5 Å². The van der Waals surface area contributed by atoms with E-state index in [1.807, 2.05) is 6.07 Å². The molecular formula is C28H37N3O6S2. The number of carbonyl (C=O) groups is 1. The van der Waals surface area contributed by atoms with Crippen LogP contribution in [0.3, 0.4) is 0 Å². The second kappa shape index (κ2) is 9.21. The summed E-state index contributed by atoms with van der Waals surface area (Å²) >= 11 is 0. The number of methoxy groups -OCH3 is 1. The highest BCUT2D eigenvalue weighted by atomic mass is 32.2. The van der Waals surface area contributed by atoms with Gasteiger partial charge in [-0.2, -0.15) is 0 Å². The Morgan fingerprint density at radius 2 is 1.59 bits per heavy atom. The number of rotatable bonds is 6. The molecule has 11 heteroatoms. The Hall–Kier alpha value is -2.63. The molecular weight excluding hydrogens is 538 g/mol. The fourth-order valence-electron chi connectivity index (χ4n) is 6.12. The van der Waals surface area contributed by atoms with Gasteiger partial charge in [-0.3, -0.25) is 9.52 Å². The largest absolute Gasteiger partial charge is 0.495 e. The molecule has 2 aliphatic carbocycles. The van der Waals surface area contributed by atoms with Crippen LogP contribution < -0.4 is 19.1 Å². The van der Waals surface area contributed by atoms with Crippen molar-refractivity contribution < 1.29 is 26.4 Å². The Morgan fingerprint density at radius 3 is 2.15 bits per heavy atom. The molecule has 2 fully saturated rings. The summed E-state index contributed by atoms with van der Waals surface area (Å²) in [6, 6.07) is 9.79. The first kappa shape index (κ1) is 27.9. The van der Waals surface area contributed by atoms with E-state index in [1.165, 1.54) is 32.1 Å². The Kier molecular flexibility index (Phi) is 6.59. The number of hydrogen-bond donors (Lipinski definition) is 2. The first-order valence-electron chi connectivity index (χ1n) is 13.2. The number of ether oxygens (including phenoxy) is 1. The van der Waals surface area contributed by atoms with Crippen molar-refractivity contribution >= 4 is 37.3 Å². The predicted molar refractivity (Wildman–Crippen MR) is 151 cm³/mol. The van der Waals surface area contributed by atoms with E-state index in [0.29, 0.717) is 17.6 Å². The molecule has 212 valence electrons. The third-order valence-electron chi connectivity index (χ3n) is 8.23. The van der Waals surface area contributed by atoms with Crippen LogP contribution in [0.25, 0.3) is 0 Å². The van der Waals surface area contributed by atoms with E-state index < -0.39 is 25.6 Å². The highest BCUT2D eigenvalue weighted by molar-refractivity contribution is 7.92. The Bertz CT molecular complexity index is 1530. The summed E-state index contributed by atoms with van der Waals surface area (Å²) < 4.78 is 60.8.